The van der Waals surface area contributed by atoms with Gasteiger partial charge in [-0.3, -0.25) is 9.59 Å². The number of unbranched alkanes of at least 4 members (excludes halogenated alkanes) is 7. The zero-order chi connectivity index (χ0) is 18.2. The summed E-state index contributed by atoms with van der Waals surface area (Å²) in [5.74, 6) is 0.693. The largest absolute Gasteiger partial charge is 0.465 e. The highest BCUT2D eigenvalue weighted by molar-refractivity contribution is 5.69. The quantitative estimate of drug-likeness (QED) is 0.300. The Morgan fingerprint density at radius 1 is 0.583 bits per heavy atom. The predicted molar refractivity (Wildman–Crippen MR) is 97.8 cm³/mol. The monoisotopic (exact) mass is 342 g/mol. The number of carbonyl (C=O) groups excluding carboxylic acids is 2. The highest BCUT2D eigenvalue weighted by Gasteiger charge is 2.05. The van der Waals surface area contributed by atoms with E-state index in [4.69, 9.17) is 9.47 Å². The summed E-state index contributed by atoms with van der Waals surface area (Å²) >= 11 is 0. The van der Waals surface area contributed by atoms with Gasteiger partial charge in [0.2, 0.25) is 0 Å². The lowest BCUT2D eigenvalue weighted by Gasteiger charge is -2.07. The van der Waals surface area contributed by atoms with Gasteiger partial charge in [0, 0.05) is 12.8 Å². The summed E-state index contributed by atoms with van der Waals surface area (Å²) in [6.45, 7) is 9.24. The smallest absolute Gasteiger partial charge is 0.305 e. The van der Waals surface area contributed by atoms with Crippen molar-refractivity contribution in [3.8, 4) is 0 Å². The third kappa shape index (κ3) is 17.3. The summed E-state index contributed by atoms with van der Waals surface area (Å²) in [7, 11) is 0. The average molecular weight is 343 g/mol. The van der Waals surface area contributed by atoms with Gasteiger partial charge in [0.15, 0.2) is 0 Å². The van der Waals surface area contributed by atoms with Gasteiger partial charge < -0.3 is 9.47 Å². The Hall–Kier alpha value is -1.06. The van der Waals surface area contributed by atoms with Crippen LogP contribution in [0.5, 0.6) is 0 Å². The van der Waals surface area contributed by atoms with Crippen LogP contribution < -0.4 is 0 Å². The van der Waals surface area contributed by atoms with Crippen LogP contribution in [0.4, 0.5) is 0 Å². The summed E-state index contributed by atoms with van der Waals surface area (Å²) in [5, 5.41) is 0. The van der Waals surface area contributed by atoms with E-state index in [9.17, 15) is 9.59 Å². The minimum absolute atomic E-state index is 0.0620. The molecule has 0 heterocycles. The molecule has 0 aliphatic rings. The third-order valence-corrected chi connectivity index (χ3v) is 3.67. The van der Waals surface area contributed by atoms with Gasteiger partial charge in [-0.15, -0.1) is 0 Å². The molecule has 0 aliphatic heterocycles. The van der Waals surface area contributed by atoms with Crippen molar-refractivity contribution in [2.75, 3.05) is 13.2 Å². The van der Waals surface area contributed by atoms with E-state index in [1.54, 1.807) is 0 Å². The number of esters is 2. The van der Waals surface area contributed by atoms with Crippen LogP contribution in [-0.2, 0) is 19.1 Å². The fourth-order valence-electron chi connectivity index (χ4n) is 2.26. The molecule has 0 fully saturated rings. The van der Waals surface area contributed by atoms with Crippen molar-refractivity contribution in [3.63, 3.8) is 0 Å². The maximum absolute atomic E-state index is 11.4. The molecule has 24 heavy (non-hydrogen) atoms. The van der Waals surface area contributed by atoms with Crippen molar-refractivity contribution in [2.45, 2.75) is 91.9 Å². The molecule has 0 amide bonds. The second kappa shape index (κ2) is 15.5. The van der Waals surface area contributed by atoms with Crippen molar-refractivity contribution in [1.29, 1.82) is 0 Å². The molecule has 0 rings (SSSR count). The topological polar surface area (TPSA) is 52.6 Å². The van der Waals surface area contributed by atoms with E-state index in [-0.39, 0.29) is 11.9 Å². The molecular formula is C20H38O4. The fourth-order valence-corrected chi connectivity index (χ4v) is 2.26. The molecule has 0 atom stereocenters. The van der Waals surface area contributed by atoms with Crippen LogP contribution in [0.15, 0.2) is 0 Å². The summed E-state index contributed by atoms with van der Waals surface area (Å²) in [6.07, 6.45) is 9.91. The van der Waals surface area contributed by atoms with Crippen molar-refractivity contribution in [2.24, 2.45) is 11.8 Å². The first kappa shape index (κ1) is 22.9. The van der Waals surface area contributed by atoms with Crippen molar-refractivity contribution >= 4 is 11.9 Å². The molecule has 0 aromatic rings. The van der Waals surface area contributed by atoms with Crippen LogP contribution in [-0.4, -0.2) is 25.2 Å². The molecule has 0 aromatic heterocycles. The number of carbonyl (C=O) groups is 2. The summed E-state index contributed by atoms with van der Waals surface area (Å²) in [5.41, 5.74) is 0. The fraction of sp³-hybridized carbons (Fsp3) is 0.900. The molecule has 0 unspecified atom stereocenters. The van der Waals surface area contributed by atoms with Crippen molar-refractivity contribution < 1.29 is 19.1 Å². The van der Waals surface area contributed by atoms with Gasteiger partial charge in [-0.1, -0.05) is 66.2 Å². The number of ether oxygens (including phenoxy) is 2. The number of hydrogen-bond acceptors (Lipinski definition) is 4. The normalized spacial score (nSPS) is 11.1. The standard InChI is InChI=1S/C20H38O4/c1-17(2)15-23-19(21)13-11-9-7-5-6-8-10-12-14-20(22)24-16-18(3)4/h17-18H,5-16H2,1-4H3. The van der Waals surface area contributed by atoms with Crippen molar-refractivity contribution in [1.82, 2.24) is 0 Å². The molecule has 142 valence electrons. The molecule has 0 bridgehead atoms. The Balaban J connectivity index is 3.25. The summed E-state index contributed by atoms with van der Waals surface area (Å²) in [4.78, 5) is 22.9. The Bertz CT molecular complexity index is 292. The molecule has 4 nitrogen and oxygen atoms in total. The lowest BCUT2D eigenvalue weighted by Crippen LogP contribution is -2.09. The first-order valence-electron chi connectivity index (χ1n) is 9.73. The first-order valence-corrected chi connectivity index (χ1v) is 9.73. The van der Waals surface area contributed by atoms with Crippen LogP contribution in [0.2, 0.25) is 0 Å². The lowest BCUT2D eigenvalue weighted by atomic mass is 10.1. The van der Waals surface area contributed by atoms with Crippen LogP contribution in [0.3, 0.4) is 0 Å². The minimum atomic E-state index is -0.0620. The molecule has 0 saturated heterocycles. The van der Waals surface area contributed by atoms with E-state index in [1.165, 1.54) is 25.7 Å². The van der Waals surface area contributed by atoms with E-state index in [0.717, 1.165) is 25.7 Å². The maximum atomic E-state index is 11.4. The molecular weight excluding hydrogens is 304 g/mol. The highest BCUT2D eigenvalue weighted by Crippen LogP contribution is 2.11. The van der Waals surface area contributed by atoms with E-state index in [0.29, 0.717) is 37.9 Å². The van der Waals surface area contributed by atoms with Crippen LogP contribution in [0.1, 0.15) is 91.9 Å². The molecule has 0 aliphatic carbocycles. The van der Waals surface area contributed by atoms with Gasteiger partial charge in [-0.05, 0) is 24.7 Å². The molecule has 4 heteroatoms. The van der Waals surface area contributed by atoms with Gasteiger partial charge in [-0.25, -0.2) is 0 Å². The Kier molecular flexibility index (Phi) is 14.8. The molecule has 0 spiro atoms. The second-order valence-electron chi connectivity index (χ2n) is 7.48. The SMILES string of the molecule is CC(C)COC(=O)CCCCCCCCCCC(=O)OCC(C)C. The van der Waals surface area contributed by atoms with E-state index in [1.807, 2.05) is 27.7 Å². The molecule has 0 radical (unpaired) electrons. The second-order valence-corrected chi connectivity index (χ2v) is 7.48. The molecule has 0 aromatic carbocycles. The van der Waals surface area contributed by atoms with Crippen LogP contribution in [0, 0.1) is 11.8 Å². The van der Waals surface area contributed by atoms with Gasteiger partial charge >= 0.3 is 11.9 Å². The lowest BCUT2D eigenvalue weighted by molar-refractivity contribution is -0.145. The number of rotatable bonds is 15. The van der Waals surface area contributed by atoms with Gasteiger partial charge in [0.05, 0.1) is 13.2 Å². The van der Waals surface area contributed by atoms with E-state index in [2.05, 4.69) is 0 Å². The Morgan fingerprint density at radius 2 is 0.875 bits per heavy atom. The molecule has 0 N–H and O–H groups in total. The predicted octanol–water partition coefficient (Wildman–Crippen LogP) is 5.29. The average Bonchev–Trinajstić information content (AvgIpc) is 2.52. The van der Waals surface area contributed by atoms with E-state index >= 15 is 0 Å². The van der Waals surface area contributed by atoms with E-state index < -0.39 is 0 Å². The van der Waals surface area contributed by atoms with Crippen LogP contribution >= 0.6 is 0 Å². The summed E-state index contributed by atoms with van der Waals surface area (Å²) < 4.78 is 10.3. The van der Waals surface area contributed by atoms with Gasteiger partial charge in [0.1, 0.15) is 0 Å². The minimum Gasteiger partial charge on any atom is -0.465 e. The van der Waals surface area contributed by atoms with Gasteiger partial charge in [0.25, 0.3) is 0 Å². The Morgan fingerprint density at radius 3 is 1.17 bits per heavy atom. The highest BCUT2D eigenvalue weighted by atomic mass is 16.5. The van der Waals surface area contributed by atoms with Crippen LogP contribution in [0.25, 0.3) is 0 Å². The molecule has 0 saturated carbocycles. The summed E-state index contributed by atoms with van der Waals surface area (Å²) in [6, 6.07) is 0. The maximum Gasteiger partial charge on any atom is 0.305 e. The first-order chi connectivity index (χ1) is 11.4. The Labute approximate surface area is 148 Å². The van der Waals surface area contributed by atoms with Gasteiger partial charge in [-0.2, -0.15) is 0 Å². The number of hydrogen-bond donors (Lipinski definition) is 0. The zero-order valence-electron chi connectivity index (χ0n) is 16.3. The zero-order valence-corrected chi connectivity index (χ0v) is 16.3. The van der Waals surface area contributed by atoms with Crippen molar-refractivity contribution in [3.05, 3.63) is 0 Å². The third-order valence-electron chi connectivity index (χ3n) is 3.67.